The highest BCUT2D eigenvalue weighted by Gasteiger charge is 2.31. The van der Waals surface area contributed by atoms with Crippen molar-refractivity contribution in [2.45, 2.75) is 38.9 Å². The van der Waals surface area contributed by atoms with Crippen molar-refractivity contribution >= 4 is 27.9 Å². The van der Waals surface area contributed by atoms with Crippen molar-refractivity contribution in [1.82, 2.24) is 9.80 Å². The van der Waals surface area contributed by atoms with Crippen LogP contribution in [0, 0.1) is 0 Å². The van der Waals surface area contributed by atoms with Gasteiger partial charge in [0, 0.05) is 30.7 Å². The maximum Gasteiger partial charge on any atom is 0.410 e. The van der Waals surface area contributed by atoms with Gasteiger partial charge in [-0.15, -0.1) is 0 Å². The summed E-state index contributed by atoms with van der Waals surface area (Å²) in [4.78, 5) is 21.7. The second-order valence-electron chi connectivity index (χ2n) is 7.31. The Kier molecular flexibility index (Phi) is 5.22. The van der Waals surface area contributed by atoms with E-state index < -0.39 is 5.60 Å². The van der Waals surface area contributed by atoms with E-state index >= 15 is 0 Å². The maximum absolute atomic E-state index is 12.1. The number of nitrogens with zero attached hydrogens (tertiary/aromatic N) is 3. The summed E-state index contributed by atoms with van der Waals surface area (Å²) in [6.07, 6.45) is 0.477. The predicted octanol–water partition coefficient (Wildman–Crippen LogP) is 3.78. The van der Waals surface area contributed by atoms with Crippen LogP contribution in [0.25, 0.3) is 0 Å². The van der Waals surface area contributed by atoms with Gasteiger partial charge >= 0.3 is 6.09 Å². The van der Waals surface area contributed by atoms with Gasteiger partial charge in [-0.25, -0.2) is 4.79 Å². The monoisotopic (exact) mass is 409 g/mol. The summed E-state index contributed by atoms with van der Waals surface area (Å²) in [6.45, 7) is 8.41. The Morgan fingerprint density at radius 2 is 1.84 bits per heavy atom. The van der Waals surface area contributed by atoms with Gasteiger partial charge in [0.25, 0.3) is 0 Å². The van der Waals surface area contributed by atoms with Crippen molar-refractivity contribution in [2.24, 2.45) is 5.16 Å². The molecule has 0 spiro atoms. The molecule has 2 heterocycles. The van der Waals surface area contributed by atoms with E-state index in [0.717, 1.165) is 35.4 Å². The SMILES string of the molecule is CC(C)(C)OC(=O)N1CCN(C2=NOC(c3ccc(Br)cc3)C2)CC1. The Morgan fingerprint density at radius 3 is 2.44 bits per heavy atom. The molecule has 25 heavy (non-hydrogen) atoms. The van der Waals surface area contributed by atoms with E-state index in [1.165, 1.54) is 0 Å². The maximum atomic E-state index is 12.1. The summed E-state index contributed by atoms with van der Waals surface area (Å²) in [5.74, 6) is 0.955. The molecule has 0 radical (unpaired) electrons. The number of rotatable bonds is 1. The molecule has 0 N–H and O–H groups in total. The number of hydrogen-bond donors (Lipinski definition) is 0. The first kappa shape index (κ1) is 18.0. The second kappa shape index (κ2) is 7.23. The van der Waals surface area contributed by atoms with Gasteiger partial charge in [-0.05, 0) is 38.5 Å². The van der Waals surface area contributed by atoms with Crippen LogP contribution in [0.1, 0.15) is 38.9 Å². The molecule has 7 heteroatoms. The lowest BCUT2D eigenvalue weighted by atomic mass is 10.1. The highest BCUT2D eigenvalue weighted by molar-refractivity contribution is 9.10. The van der Waals surface area contributed by atoms with Gasteiger partial charge in [0.2, 0.25) is 0 Å². The Morgan fingerprint density at radius 1 is 1.20 bits per heavy atom. The van der Waals surface area contributed by atoms with Crippen molar-refractivity contribution in [1.29, 1.82) is 0 Å². The molecule has 136 valence electrons. The third-order valence-corrected chi connectivity index (χ3v) is 4.72. The number of oxime groups is 1. The lowest BCUT2D eigenvalue weighted by Gasteiger charge is -2.36. The van der Waals surface area contributed by atoms with Crippen molar-refractivity contribution in [3.63, 3.8) is 0 Å². The first-order valence-electron chi connectivity index (χ1n) is 8.53. The van der Waals surface area contributed by atoms with Gasteiger partial charge in [-0.1, -0.05) is 33.2 Å². The number of carbonyl (C=O) groups is 1. The highest BCUT2D eigenvalue weighted by Crippen LogP contribution is 2.29. The van der Waals surface area contributed by atoms with Crippen molar-refractivity contribution in [3.8, 4) is 0 Å². The molecular weight excluding hydrogens is 386 g/mol. The minimum absolute atomic E-state index is 0.0352. The average Bonchev–Trinajstić information content (AvgIpc) is 3.04. The van der Waals surface area contributed by atoms with Gasteiger partial charge < -0.3 is 19.4 Å². The molecule has 0 aliphatic carbocycles. The average molecular weight is 410 g/mol. The van der Waals surface area contributed by atoms with Crippen LogP contribution in [0.15, 0.2) is 33.9 Å². The van der Waals surface area contributed by atoms with Gasteiger partial charge in [0.05, 0.1) is 6.42 Å². The van der Waals surface area contributed by atoms with E-state index in [1.807, 2.05) is 45.0 Å². The predicted molar refractivity (Wildman–Crippen MR) is 99.4 cm³/mol. The summed E-state index contributed by atoms with van der Waals surface area (Å²) in [5.41, 5.74) is 0.657. The molecule has 1 aromatic carbocycles. The van der Waals surface area contributed by atoms with E-state index in [9.17, 15) is 4.79 Å². The van der Waals surface area contributed by atoms with E-state index in [1.54, 1.807) is 4.90 Å². The Bertz CT molecular complexity index is 647. The van der Waals surface area contributed by atoms with Crippen LogP contribution < -0.4 is 0 Å². The topological polar surface area (TPSA) is 54.4 Å². The van der Waals surface area contributed by atoms with Crippen LogP contribution in [0.5, 0.6) is 0 Å². The van der Waals surface area contributed by atoms with Crippen LogP contribution in [0.4, 0.5) is 4.79 Å². The number of hydrogen-bond acceptors (Lipinski definition) is 5. The zero-order valence-electron chi connectivity index (χ0n) is 14.9. The number of piperazine rings is 1. The van der Waals surface area contributed by atoms with Crippen molar-refractivity contribution < 1.29 is 14.4 Å². The molecule has 0 bridgehead atoms. The second-order valence-corrected chi connectivity index (χ2v) is 8.23. The molecular formula is C18H24BrN3O3. The fourth-order valence-corrected chi connectivity index (χ4v) is 3.15. The third-order valence-electron chi connectivity index (χ3n) is 4.19. The molecule has 6 nitrogen and oxygen atoms in total. The lowest BCUT2D eigenvalue weighted by Crippen LogP contribution is -2.51. The van der Waals surface area contributed by atoms with E-state index in [2.05, 4.69) is 26.0 Å². The Balaban J connectivity index is 1.50. The van der Waals surface area contributed by atoms with Gasteiger partial charge in [0.1, 0.15) is 11.4 Å². The number of amidine groups is 1. The van der Waals surface area contributed by atoms with Crippen LogP contribution in [0.3, 0.4) is 0 Å². The molecule has 2 aliphatic rings. The summed E-state index contributed by atoms with van der Waals surface area (Å²) < 4.78 is 6.48. The summed E-state index contributed by atoms with van der Waals surface area (Å²) in [6, 6.07) is 8.12. The third kappa shape index (κ3) is 4.66. The summed E-state index contributed by atoms with van der Waals surface area (Å²) in [5, 5.41) is 4.27. The van der Waals surface area contributed by atoms with Crippen molar-refractivity contribution in [2.75, 3.05) is 26.2 Å². The van der Waals surface area contributed by atoms with Crippen LogP contribution in [-0.2, 0) is 9.57 Å². The molecule has 3 rings (SSSR count). The minimum Gasteiger partial charge on any atom is -0.444 e. The van der Waals surface area contributed by atoms with Gasteiger partial charge in [-0.3, -0.25) is 0 Å². The number of halogens is 1. The van der Waals surface area contributed by atoms with Gasteiger partial charge in [-0.2, -0.15) is 0 Å². The molecule has 0 aromatic heterocycles. The normalized spacial score (nSPS) is 21.0. The number of ether oxygens (including phenoxy) is 1. The zero-order valence-corrected chi connectivity index (χ0v) is 16.5. The summed E-state index contributed by atoms with van der Waals surface area (Å²) in [7, 11) is 0. The van der Waals surface area contributed by atoms with E-state index in [0.29, 0.717) is 13.1 Å². The van der Waals surface area contributed by atoms with Gasteiger partial charge in [0.15, 0.2) is 6.10 Å². The molecule has 2 aliphatic heterocycles. The van der Waals surface area contributed by atoms with E-state index in [-0.39, 0.29) is 12.2 Å². The zero-order chi connectivity index (χ0) is 18.0. The van der Waals surface area contributed by atoms with E-state index in [4.69, 9.17) is 9.57 Å². The molecule has 1 aromatic rings. The van der Waals surface area contributed by atoms with Crippen LogP contribution in [0.2, 0.25) is 0 Å². The largest absolute Gasteiger partial charge is 0.444 e. The fourth-order valence-electron chi connectivity index (χ4n) is 2.88. The van der Waals surface area contributed by atoms with Crippen molar-refractivity contribution in [3.05, 3.63) is 34.3 Å². The molecule has 1 atom stereocenters. The first-order valence-corrected chi connectivity index (χ1v) is 9.32. The van der Waals surface area contributed by atoms with Crippen LogP contribution in [-0.4, -0.2) is 53.5 Å². The minimum atomic E-state index is -0.463. The smallest absolute Gasteiger partial charge is 0.410 e. The number of carbonyl (C=O) groups excluding carboxylic acids is 1. The lowest BCUT2D eigenvalue weighted by molar-refractivity contribution is 0.0186. The number of amides is 1. The highest BCUT2D eigenvalue weighted by atomic mass is 79.9. The quantitative estimate of drug-likeness (QED) is 0.707. The molecule has 1 saturated heterocycles. The van der Waals surface area contributed by atoms with Crippen LogP contribution >= 0.6 is 15.9 Å². The molecule has 1 amide bonds. The first-order chi connectivity index (χ1) is 11.8. The molecule has 1 unspecified atom stereocenters. The number of benzene rings is 1. The fraction of sp³-hybridized carbons (Fsp3) is 0.556. The Hall–Kier alpha value is -1.76. The molecule has 1 fully saturated rings. The summed E-state index contributed by atoms with van der Waals surface area (Å²) >= 11 is 3.44. The standard InChI is InChI=1S/C18H24BrN3O3/c1-18(2,3)24-17(23)22-10-8-21(9-11-22)16-12-15(25-20-16)13-4-6-14(19)7-5-13/h4-7,15H,8-12H2,1-3H3. The molecule has 0 saturated carbocycles. The Labute approximate surface area is 156 Å².